The first kappa shape index (κ1) is 10.6. The van der Waals surface area contributed by atoms with Gasteiger partial charge in [0.1, 0.15) is 22.5 Å². The van der Waals surface area contributed by atoms with Gasteiger partial charge in [-0.3, -0.25) is 9.78 Å². The van der Waals surface area contributed by atoms with E-state index in [2.05, 4.69) is 15.1 Å². The Kier molecular flexibility index (Phi) is 2.19. The van der Waals surface area contributed by atoms with Crippen molar-refractivity contribution in [3.63, 3.8) is 0 Å². The van der Waals surface area contributed by atoms with E-state index >= 15 is 0 Å². The molecular formula is C11H6F2N4O. The normalized spacial score (nSPS) is 11.0. The van der Waals surface area contributed by atoms with Gasteiger partial charge in [0.05, 0.1) is 0 Å². The molecule has 5 nitrogen and oxygen atoms in total. The van der Waals surface area contributed by atoms with Crippen LogP contribution in [0.1, 0.15) is 0 Å². The van der Waals surface area contributed by atoms with E-state index in [1.54, 1.807) is 6.07 Å². The Balaban J connectivity index is 2.41. The number of aromatic amines is 1. The van der Waals surface area contributed by atoms with E-state index < -0.39 is 22.6 Å². The lowest BCUT2D eigenvalue weighted by Gasteiger charge is -2.03. The molecule has 0 aliphatic heterocycles. The van der Waals surface area contributed by atoms with Gasteiger partial charge >= 0.3 is 0 Å². The van der Waals surface area contributed by atoms with Crippen LogP contribution >= 0.6 is 0 Å². The van der Waals surface area contributed by atoms with E-state index in [0.717, 1.165) is 12.1 Å². The molecule has 1 aromatic carbocycles. The maximum absolute atomic E-state index is 13.6. The number of nitrogens with one attached hydrogen (secondary N) is 1. The fourth-order valence-corrected chi connectivity index (χ4v) is 1.67. The lowest BCUT2D eigenvalue weighted by molar-refractivity contribution is 0.612. The topological polar surface area (TPSA) is 63.6 Å². The van der Waals surface area contributed by atoms with Crippen LogP contribution in [0.2, 0.25) is 0 Å². The van der Waals surface area contributed by atoms with Crippen LogP contribution in [0.15, 0.2) is 35.4 Å². The Hall–Kier alpha value is -2.57. The minimum Gasteiger partial charge on any atom is -0.290 e. The van der Waals surface area contributed by atoms with Crippen molar-refractivity contribution in [3.05, 3.63) is 52.6 Å². The van der Waals surface area contributed by atoms with Gasteiger partial charge in [-0.25, -0.2) is 18.4 Å². The molecule has 90 valence electrons. The molecule has 1 N–H and O–H groups in total. The van der Waals surface area contributed by atoms with Crippen LogP contribution < -0.4 is 5.56 Å². The van der Waals surface area contributed by atoms with Crippen molar-refractivity contribution >= 4 is 10.9 Å². The van der Waals surface area contributed by atoms with E-state index in [9.17, 15) is 13.6 Å². The van der Waals surface area contributed by atoms with Crippen molar-refractivity contribution < 1.29 is 8.78 Å². The van der Waals surface area contributed by atoms with Crippen molar-refractivity contribution in [3.8, 4) is 5.95 Å². The molecule has 0 unspecified atom stereocenters. The smallest absolute Gasteiger partial charge is 0.263 e. The number of fused-ring (bicyclic) bond motifs is 1. The molecule has 3 aromatic rings. The molecular weight excluding hydrogens is 242 g/mol. The van der Waals surface area contributed by atoms with Gasteiger partial charge < -0.3 is 0 Å². The average molecular weight is 248 g/mol. The summed E-state index contributed by atoms with van der Waals surface area (Å²) in [6.45, 7) is 0. The van der Waals surface area contributed by atoms with Crippen LogP contribution in [0, 0.1) is 11.6 Å². The second-order valence-corrected chi connectivity index (χ2v) is 3.59. The second-order valence-electron chi connectivity index (χ2n) is 3.59. The van der Waals surface area contributed by atoms with Crippen molar-refractivity contribution in [2.45, 2.75) is 0 Å². The summed E-state index contributed by atoms with van der Waals surface area (Å²) in [5, 5.41) is 3.46. The highest BCUT2D eigenvalue weighted by Gasteiger charge is 2.13. The van der Waals surface area contributed by atoms with Crippen molar-refractivity contribution in [2.75, 3.05) is 0 Å². The summed E-state index contributed by atoms with van der Waals surface area (Å²) in [4.78, 5) is 17.9. The third-order valence-electron chi connectivity index (χ3n) is 2.47. The van der Waals surface area contributed by atoms with Gasteiger partial charge in [0.2, 0.25) is 5.95 Å². The summed E-state index contributed by atoms with van der Waals surface area (Å²) in [5.41, 5.74) is -1.06. The van der Waals surface area contributed by atoms with Crippen LogP contribution in [0.5, 0.6) is 0 Å². The lowest BCUT2D eigenvalue weighted by Crippen LogP contribution is -2.15. The Morgan fingerprint density at radius 2 is 2.00 bits per heavy atom. The molecule has 3 rings (SSSR count). The predicted molar refractivity (Wildman–Crippen MR) is 59.4 cm³/mol. The summed E-state index contributed by atoms with van der Waals surface area (Å²) in [6, 6.07) is 3.44. The van der Waals surface area contributed by atoms with Crippen molar-refractivity contribution in [1.82, 2.24) is 19.7 Å². The van der Waals surface area contributed by atoms with Crippen LogP contribution in [0.25, 0.3) is 16.9 Å². The van der Waals surface area contributed by atoms with Gasteiger partial charge in [-0.05, 0) is 18.2 Å². The van der Waals surface area contributed by atoms with E-state index in [-0.39, 0.29) is 11.5 Å². The summed E-state index contributed by atoms with van der Waals surface area (Å²) < 4.78 is 28.3. The SMILES string of the molecule is O=c1[nH]c(-n2cccn2)nc2c(F)ccc(F)c12. The quantitative estimate of drug-likeness (QED) is 0.707. The van der Waals surface area contributed by atoms with Crippen molar-refractivity contribution in [2.24, 2.45) is 0 Å². The molecule has 0 aliphatic rings. The first-order valence-electron chi connectivity index (χ1n) is 5.05. The first-order chi connectivity index (χ1) is 8.66. The minimum atomic E-state index is -0.813. The fourth-order valence-electron chi connectivity index (χ4n) is 1.67. The van der Waals surface area contributed by atoms with Crippen molar-refractivity contribution in [1.29, 1.82) is 0 Å². The zero-order chi connectivity index (χ0) is 12.7. The number of H-pyrrole nitrogens is 1. The number of aromatic nitrogens is 4. The summed E-state index contributed by atoms with van der Waals surface area (Å²) in [7, 11) is 0. The number of halogens is 2. The molecule has 0 saturated heterocycles. The van der Waals surface area contributed by atoms with Crippen LogP contribution in [0.4, 0.5) is 8.78 Å². The van der Waals surface area contributed by atoms with E-state index in [1.807, 2.05) is 0 Å². The lowest BCUT2D eigenvalue weighted by atomic mass is 10.2. The second kappa shape index (κ2) is 3.73. The van der Waals surface area contributed by atoms with E-state index in [1.165, 1.54) is 17.1 Å². The average Bonchev–Trinajstić information content (AvgIpc) is 2.87. The van der Waals surface area contributed by atoms with Gasteiger partial charge in [0.15, 0.2) is 0 Å². The van der Waals surface area contributed by atoms with Gasteiger partial charge in [0.25, 0.3) is 5.56 Å². The van der Waals surface area contributed by atoms with Gasteiger partial charge in [-0.15, -0.1) is 0 Å². The zero-order valence-corrected chi connectivity index (χ0v) is 8.89. The highest BCUT2D eigenvalue weighted by Crippen LogP contribution is 2.16. The zero-order valence-electron chi connectivity index (χ0n) is 8.89. The number of benzene rings is 1. The third kappa shape index (κ3) is 1.48. The number of hydrogen-bond donors (Lipinski definition) is 1. The molecule has 0 saturated carbocycles. The monoisotopic (exact) mass is 248 g/mol. The molecule has 2 heterocycles. The fraction of sp³-hybridized carbons (Fsp3) is 0. The summed E-state index contributed by atoms with van der Waals surface area (Å²) in [5.74, 6) is -1.54. The van der Waals surface area contributed by atoms with E-state index in [0.29, 0.717) is 0 Å². The van der Waals surface area contributed by atoms with Crippen LogP contribution in [-0.2, 0) is 0 Å². The Morgan fingerprint density at radius 3 is 2.72 bits per heavy atom. The van der Waals surface area contributed by atoms with Gasteiger partial charge in [0, 0.05) is 12.4 Å². The van der Waals surface area contributed by atoms with Gasteiger partial charge in [-0.1, -0.05) is 0 Å². The molecule has 7 heteroatoms. The largest absolute Gasteiger partial charge is 0.290 e. The highest BCUT2D eigenvalue weighted by atomic mass is 19.1. The Morgan fingerprint density at radius 1 is 1.22 bits per heavy atom. The number of nitrogens with zero attached hydrogens (tertiary/aromatic N) is 3. The summed E-state index contributed by atoms with van der Waals surface area (Å²) >= 11 is 0. The van der Waals surface area contributed by atoms with E-state index in [4.69, 9.17) is 0 Å². The third-order valence-corrected chi connectivity index (χ3v) is 2.47. The molecule has 0 bridgehead atoms. The molecule has 2 aromatic heterocycles. The maximum atomic E-state index is 13.6. The Labute approximate surface area is 98.7 Å². The highest BCUT2D eigenvalue weighted by molar-refractivity contribution is 5.79. The number of rotatable bonds is 1. The maximum Gasteiger partial charge on any atom is 0.263 e. The summed E-state index contributed by atoms with van der Waals surface area (Å²) in [6.07, 6.45) is 3.01. The number of hydrogen-bond acceptors (Lipinski definition) is 3. The molecule has 0 atom stereocenters. The predicted octanol–water partition coefficient (Wildman–Crippen LogP) is 1.39. The standard InChI is InChI=1S/C11H6F2N4O/c12-6-2-3-7(13)9-8(6)10(18)16-11(15-9)17-5-1-4-14-17/h1-5H,(H,15,16,18). The van der Waals surface area contributed by atoms with Crippen LogP contribution in [0.3, 0.4) is 0 Å². The van der Waals surface area contributed by atoms with Crippen LogP contribution in [-0.4, -0.2) is 19.7 Å². The molecule has 18 heavy (non-hydrogen) atoms. The molecule has 0 spiro atoms. The first-order valence-corrected chi connectivity index (χ1v) is 5.05. The minimum absolute atomic E-state index is 0.0296. The molecule has 0 fully saturated rings. The van der Waals surface area contributed by atoms with Gasteiger partial charge in [-0.2, -0.15) is 5.10 Å². The molecule has 0 aliphatic carbocycles. The molecule has 0 amide bonds. The molecule has 0 radical (unpaired) electrons. The Bertz CT molecular complexity index is 780.